The van der Waals surface area contributed by atoms with E-state index in [2.05, 4.69) is 5.32 Å². The van der Waals surface area contributed by atoms with Gasteiger partial charge in [-0.05, 0) is 25.1 Å². The lowest BCUT2D eigenvalue weighted by molar-refractivity contribution is 0.0504. The number of rotatable bonds is 8. The molecule has 0 spiro atoms. The monoisotopic (exact) mass is 251 g/mol. The van der Waals surface area contributed by atoms with Crippen molar-refractivity contribution in [1.29, 1.82) is 0 Å². The van der Waals surface area contributed by atoms with E-state index in [4.69, 9.17) is 9.47 Å². The van der Waals surface area contributed by atoms with Gasteiger partial charge in [-0.3, -0.25) is 0 Å². The average molecular weight is 251 g/mol. The van der Waals surface area contributed by atoms with Crippen molar-refractivity contribution < 1.29 is 14.3 Å². The summed E-state index contributed by atoms with van der Waals surface area (Å²) in [6.07, 6.45) is 0.907. The summed E-state index contributed by atoms with van der Waals surface area (Å²) in [6, 6.07) is 7.16. The lowest BCUT2D eigenvalue weighted by atomic mass is 10.2. The van der Waals surface area contributed by atoms with Crippen molar-refractivity contribution in [3.63, 3.8) is 0 Å². The molecule has 0 saturated heterocycles. The molecule has 1 aromatic carbocycles. The highest BCUT2D eigenvalue weighted by Crippen LogP contribution is 2.19. The van der Waals surface area contributed by atoms with Gasteiger partial charge < -0.3 is 14.8 Å². The van der Waals surface area contributed by atoms with Crippen LogP contribution in [0.4, 0.5) is 0 Å². The van der Waals surface area contributed by atoms with Crippen molar-refractivity contribution >= 4 is 5.97 Å². The van der Waals surface area contributed by atoms with Crippen LogP contribution in [-0.4, -0.2) is 32.3 Å². The Hall–Kier alpha value is -1.55. The summed E-state index contributed by atoms with van der Waals surface area (Å²) in [5, 5.41) is 3.10. The molecule has 0 aromatic heterocycles. The van der Waals surface area contributed by atoms with Crippen LogP contribution in [0.2, 0.25) is 0 Å². The van der Waals surface area contributed by atoms with Gasteiger partial charge in [0.25, 0.3) is 0 Å². The Morgan fingerprint density at radius 3 is 2.72 bits per heavy atom. The maximum absolute atomic E-state index is 11.9. The third-order valence-electron chi connectivity index (χ3n) is 2.33. The third-order valence-corrected chi connectivity index (χ3v) is 2.33. The van der Waals surface area contributed by atoms with E-state index in [0.29, 0.717) is 31.1 Å². The lowest BCUT2D eigenvalue weighted by Gasteiger charge is -2.10. The number of hydrogen-bond donors (Lipinski definition) is 1. The first-order valence-electron chi connectivity index (χ1n) is 6.39. The van der Waals surface area contributed by atoms with Crippen molar-refractivity contribution in [3.8, 4) is 5.75 Å². The lowest BCUT2D eigenvalue weighted by Crippen LogP contribution is -2.21. The van der Waals surface area contributed by atoms with E-state index in [1.807, 2.05) is 19.9 Å². The molecular formula is C14H21NO3. The topological polar surface area (TPSA) is 47.6 Å². The summed E-state index contributed by atoms with van der Waals surface area (Å²) in [7, 11) is 0. The highest BCUT2D eigenvalue weighted by Gasteiger charge is 2.12. The van der Waals surface area contributed by atoms with Gasteiger partial charge in [-0.25, -0.2) is 4.79 Å². The predicted molar refractivity (Wildman–Crippen MR) is 71.1 cm³/mol. The number of carbonyl (C=O) groups excluding carboxylic acids is 1. The van der Waals surface area contributed by atoms with Gasteiger partial charge >= 0.3 is 5.97 Å². The Bertz CT molecular complexity index is 366. The molecule has 0 bridgehead atoms. The second-order valence-electron chi connectivity index (χ2n) is 3.83. The molecule has 0 fully saturated rings. The first kappa shape index (κ1) is 14.5. The minimum Gasteiger partial charge on any atom is -0.493 e. The molecule has 0 atom stereocenters. The molecule has 100 valence electrons. The van der Waals surface area contributed by atoms with E-state index in [-0.39, 0.29) is 5.97 Å². The van der Waals surface area contributed by atoms with Crippen molar-refractivity contribution in [2.75, 3.05) is 26.3 Å². The van der Waals surface area contributed by atoms with Crippen molar-refractivity contribution in [2.24, 2.45) is 0 Å². The number of likely N-dealkylation sites (N-methyl/N-ethyl adjacent to an activating group) is 1. The van der Waals surface area contributed by atoms with Crippen molar-refractivity contribution in [2.45, 2.75) is 20.3 Å². The molecule has 0 saturated carbocycles. The Labute approximate surface area is 108 Å². The normalized spacial score (nSPS) is 10.1. The molecule has 1 aromatic rings. The largest absolute Gasteiger partial charge is 0.493 e. The molecule has 0 aliphatic carbocycles. The first-order chi connectivity index (χ1) is 8.79. The number of nitrogens with one attached hydrogen (secondary N) is 1. The molecule has 0 amide bonds. The van der Waals surface area contributed by atoms with E-state index >= 15 is 0 Å². The second-order valence-corrected chi connectivity index (χ2v) is 3.83. The molecule has 0 heterocycles. The fourth-order valence-electron chi connectivity index (χ4n) is 1.44. The van der Waals surface area contributed by atoms with Crippen LogP contribution in [-0.2, 0) is 4.74 Å². The van der Waals surface area contributed by atoms with Crippen molar-refractivity contribution in [3.05, 3.63) is 29.8 Å². The molecule has 1 rings (SSSR count). The summed E-state index contributed by atoms with van der Waals surface area (Å²) in [4.78, 5) is 11.9. The van der Waals surface area contributed by atoms with Crippen LogP contribution in [0.5, 0.6) is 5.75 Å². The summed E-state index contributed by atoms with van der Waals surface area (Å²) < 4.78 is 10.7. The van der Waals surface area contributed by atoms with Crippen LogP contribution in [0.15, 0.2) is 24.3 Å². The van der Waals surface area contributed by atoms with Crippen LogP contribution >= 0.6 is 0 Å². The third kappa shape index (κ3) is 4.75. The van der Waals surface area contributed by atoms with E-state index in [9.17, 15) is 4.79 Å². The smallest absolute Gasteiger partial charge is 0.341 e. The molecular weight excluding hydrogens is 230 g/mol. The molecule has 4 heteroatoms. The average Bonchev–Trinajstić information content (AvgIpc) is 2.41. The van der Waals surface area contributed by atoms with Crippen LogP contribution in [0.3, 0.4) is 0 Å². The molecule has 0 unspecified atom stereocenters. The van der Waals surface area contributed by atoms with Crippen LogP contribution in [0, 0.1) is 0 Å². The second kappa shape index (κ2) is 8.53. The Morgan fingerprint density at radius 2 is 2.00 bits per heavy atom. The number of para-hydroxylation sites is 1. The number of hydrogen-bond acceptors (Lipinski definition) is 4. The van der Waals surface area contributed by atoms with Crippen molar-refractivity contribution in [1.82, 2.24) is 5.32 Å². The van der Waals surface area contributed by atoms with E-state index in [0.717, 1.165) is 13.0 Å². The Kier molecular flexibility index (Phi) is 6.87. The molecule has 0 radical (unpaired) electrons. The van der Waals surface area contributed by atoms with Gasteiger partial charge in [-0.15, -0.1) is 0 Å². The van der Waals surface area contributed by atoms with E-state index in [1.165, 1.54) is 0 Å². The van der Waals surface area contributed by atoms with Gasteiger partial charge in [0.2, 0.25) is 0 Å². The zero-order chi connectivity index (χ0) is 13.2. The molecule has 0 aliphatic heterocycles. The number of ether oxygens (including phenoxy) is 2. The minimum absolute atomic E-state index is 0.334. The molecule has 4 nitrogen and oxygen atoms in total. The van der Waals surface area contributed by atoms with Gasteiger partial charge in [0, 0.05) is 6.54 Å². The number of carbonyl (C=O) groups is 1. The van der Waals surface area contributed by atoms with Crippen LogP contribution < -0.4 is 10.1 Å². The van der Waals surface area contributed by atoms with Gasteiger partial charge in [0.1, 0.15) is 17.9 Å². The van der Waals surface area contributed by atoms with E-state index < -0.39 is 0 Å². The van der Waals surface area contributed by atoms with Crippen LogP contribution in [0.25, 0.3) is 0 Å². The highest BCUT2D eigenvalue weighted by molar-refractivity contribution is 5.92. The minimum atomic E-state index is -0.334. The zero-order valence-electron chi connectivity index (χ0n) is 11.1. The van der Waals surface area contributed by atoms with Gasteiger partial charge in [0.05, 0.1) is 6.61 Å². The number of esters is 1. The van der Waals surface area contributed by atoms with Gasteiger partial charge in [0.15, 0.2) is 0 Å². The maximum atomic E-state index is 11.9. The fourth-order valence-corrected chi connectivity index (χ4v) is 1.44. The summed E-state index contributed by atoms with van der Waals surface area (Å²) in [5.41, 5.74) is 0.488. The summed E-state index contributed by atoms with van der Waals surface area (Å²) in [5.74, 6) is 0.257. The zero-order valence-corrected chi connectivity index (χ0v) is 11.1. The quantitative estimate of drug-likeness (QED) is 0.568. The Morgan fingerprint density at radius 1 is 1.22 bits per heavy atom. The van der Waals surface area contributed by atoms with Gasteiger partial charge in [-0.1, -0.05) is 26.0 Å². The summed E-state index contributed by atoms with van der Waals surface area (Å²) in [6.45, 7) is 6.54. The predicted octanol–water partition coefficient (Wildman–Crippen LogP) is 2.24. The van der Waals surface area contributed by atoms with Gasteiger partial charge in [-0.2, -0.15) is 0 Å². The first-order valence-corrected chi connectivity index (χ1v) is 6.39. The number of benzene rings is 1. The van der Waals surface area contributed by atoms with Crippen LogP contribution in [0.1, 0.15) is 30.6 Å². The Balaban J connectivity index is 2.55. The standard InChI is InChI=1S/C14H21NO3/c1-3-10-17-13-8-6-5-7-12(13)14(16)18-11-9-15-4-2/h5-8,15H,3-4,9-11H2,1-2H3. The van der Waals surface area contributed by atoms with E-state index in [1.54, 1.807) is 18.2 Å². The molecule has 0 aliphatic rings. The maximum Gasteiger partial charge on any atom is 0.341 e. The SMILES string of the molecule is CCCOc1ccccc1C(=O)OCCNCC. The molecule has 18 heavy (non-hydrogen) atoms. The fraction of sp³-hybridized carbons (Fsp3) is 0.500. The molecule has 1 N–H and O–H groups in total. The highest BCUT2D eigenvalue weighted by atomic mass is 16.5. The summed E-state index contributed by atoms with van der Waals surface area (Å²) >= 11 is 0.